The van der Waals surface area contributed by atoms with Crippen LogP contribution in [0.15, 0.2) is 35.1 Å². The van der Waals surface area contributed by atoms with Gasteiger partial charge in [-0.15, -0.1) is 0 Å². The summed E-state index contributed by atoms with van der Waals surface area (Å²) in [4.78, 5) is 0. The minimum Gasteiger partial charge on any atom is -0.467 e. The molecule has 2 aromatic rings. The molecular weight excluding hydrogens is 284 g/mol. The number of thiocarbonyl (C=S) groups is 1. The third-order valence-corrected chi connectivity index (χ3v) is 4.08. The molecule has 0 aliphatic heterocycles. The molecule has 0 unspecified atom stereocenters. The van der Waals surface area contributed by atoms with E-state index in [1.54, 1.807) is 6.26 Å². The Bertz CT molecular complexity index is 572. The molecule has 0 atom stereocenters. The lowest BCUT2D eigenvalue weighted by molar-refractivity contribution is 0.333. The Morgan fingerprint density at radius 2 is 2.19 bits per heavy atom. The van der Waals surface area contributed by atoms with Gasteiger partial charge in [-0.25, -0.2) is 4.68 Å². The molecule has 5 nitrogen and oxygen atoms in total. The first-order chi connectivity index (χ1) is 10.3. The predicted molar refractivity (Wildman–Crippen MR) is 86.1 cm³/mol. The smallest absolute Gasteiger partial charge is 0.172 e. The van der Waals surface area contributed by atoms with Crippen LogP contribution in [0.4, 0.5) is 5.82 Å². The number of hydrogen-bond acceptors (Lipinski definition) is 3. The second-order valence-electron chi connectivity index (χ2n) is 5.34. The van der Waals surface area contributed by atoms with Gasteiger partial charge in [-0.1, -0.05) is 19.3 Å². The molecule has 0 bridgehead atoms. The van der Waals surface area contributed by atoms with Crippen LogP contribution in [-0.2, 0) is 6.54 Å². The minimum atomic E-state index is 0.490. The van der Waals surface area contributed by atoms with E-state index in [0.29, 0.717) is 17.7 Å². The van der Waals surface area contributed by atoms with Crippen LogP contribution < -0.4 is 10.6 Å². The summed E-state index contributed by atoms with van der Waals surface area (Å²) in [5.41, 5.74) is 0. The Labute approximate surface area is 129 Å². The zero-order valence-electron chi connectivity index (χ0n) is 11.9. The first kappa shape index (κ1) is 14.1. The summed E-state index contributed by atoms with van der Waals surface area (Å²) in [6.07, 6.45) is 9.78. The lowest BCUT2D eigenvalue weighted by Gasteiger charge is -2.24. The molecule has 2 N–H and O–H groups in total. The molecule has 0 radical (unpaired) electrons. The van der Waals surface area contributed by atoms with Crippen molar-refractivity contribution in [1.29, 1.82) is 0 Å². The average molecular weight is 304 g/mol. The lowest BCUT2D eigenvalue weighted by atomic mass is 9.96. The second-order valence-corrected chi connectivity index (χ2v) is 5.75. The van der Waals surface area contributed by atoms with E-state index in [4.69, 9.17) is 16.6 Å². The molecule has 112 valence electrons. The summed E-state index contributed by atoms with van der Waals surface area (Å²) in [7, 11) is 0. The van der Waals surface area contributed by atoms with Crippen molar-refractivity contribution >= 4 is 23.1 Å². The van der Waals surface area contributed by atoms with Gasteiger partial charge in [0.25, 0.3) is 0 Å². The molecule has 2 aromatic heterocycles. The van der Waals surface area contributed by atoms with E-state index in [-0.39, 0.29) is 0 Å². The number of furan rings is 1. The van der Waals surface area contributed by atoms with Crippen molar-refractivity contribution in [2.45, 2.75) is 44.7 Å². The zero-order chi connectivity index (χ0) is 14.5. The highest BCUT2D eigenvalue weighted by Gasteiger charge is 2.18. The Morgan fingerprint density at radius 3 is 2.95 bits per heavy atom. The van der Waals surface area contributed by atoms with Crippen LogP contribution in [0, 0.1) is 0 Å². The SMILES string of the molecule is S=C(NCc1ccco1)Nc1ccnn1C1CCCCC1. The highest BCUT2D eigenvalue weighted by molar-refractivity contribution is 7.80. The molecule has 1 aliphatic rings. The summed E-state index contributed by atoms with van der Waals surface area (Å²) in [5, 5.41) is 11.4. The van der Waals surface area contributed by atoms with Crippen LogP contribution in [0.3, 0.4) is 0 Å². The summed E-state index contributed by atoms with van der Waals surface area (Å²) >= 11 is 5.33. The van der Waals surface area contributed by atoms with Gasteiger partial charge in [0.2, 0.25) is 0 Å². The van der Waals surface area contributed by atoms with Crippen LogP contribution >= 0.6 is 12.2 Å². The van der Waals surface area contributed by atoms with E-state index >= 15 is 0 Å². The Hall–Kier alpha value is -1.82. The molecule has 1 fully saturated rings. The van der Waals surface area contributed by atoms with Gasteiger partial charge >= 0.3 is 0 Å². The molecule has 21 heavy (non-hydrogen) atoms. The van der Waals surface area contributed by atoms with Gasteiger partial charge in [0, 0.05) is 6.07 Å². The maximum atomic E-state index is 5.33. The predicted octanol–water partition coefficient (Wildman–Crippen LogP) is 3.47. The van der Waals surface area contributed by atoms with Crippen molar-refractivity contribution in [2.75, 3.05) is 5.32 Å². The molecule has 0 amide bonds. The molecule has 6 heteroatoms. The van der Waals surface area contributed by atoms with Gasteiger partial charge in [-0.05, 0) is 37.2 Å². The number of anilines is 1. The monoisotopic (exact) mass is 304 g/mol. The largest absolute Gasteiger partial charge is 0.467 e. The number of nitrogens with one attached hydrogen (secondary N) is 2. The van der Waals surface area contributed by atoms with Crippen LogP contribution in [0.1, 0.15) is 43.9 Å². The fourth-order valence-electron chi connectivity index (χ4n) is 2.77. The van der Waals surface area contributed by atoms with Gasteiger partial charge in [0.05, 0.1) is 25.0 Å². The van der Waals surface area contributed by atoms with Crippen LogP contribution in [0.5, 0.6) is 0 Å². The quantitative estimate of drug-likeness (QED) is 0.847. The van der Waals surface area contributed by atoms with Gasteiger partial charge in [-0.3, -0.25) is 0 Å². The fourth-order valence-corrected chi connectivity index (χ4v) is 2.95. The summed E-state index contributed by atoms with van der Waals surface area (Å²) in [6, 6.07) is 6.24. The normalized spacial score (nSPS) is 15.8. The molecule has 1 saturated carbocycles. The van der Waals surface area contributed by atoms with Crippen molar-refractivity contribution in [2.24, 2.45) is 0 Å². The summed E-state index contributed by atoms with van der Waals surface area (Å²) in [5.74, 6) is 1.82. The van der Waals surface area contributed by atoms with E-state index in [1.165, 1.54) is 32.1 Å². The average Bonchev–Trinajstić information content (AvgIpc) is 3.17. The lowest BCUT2D eigenvalue weighted by Crippen LogP contribution is -2.29. The van der Waals surface area contributed by atoms with E-state index in [9.17, 15) is 0 Å². The standard InChI is InChI=1S/C15H20N4OS/c21-15(16-11-13-7-4-10-20-13)18-14-8-9-17-19(14)12-5-2-1-3-6-12/h4,7-10,12H,1-3,5-6,11H2,(H2,16,18,21). The van der Waals surface area contributed by atoms with Gasteiger partial charge in [-0.2, -0.15) is 5.10 Å². The van der Waals surface area contributed by atoms with E-state index < -0.39 is 0 Å². The number of hydrogen-bond donors (Lipinski definition) is 2. The van der Waals surface area contributed by atoms with Gasteiger partial charge < -0.3 is 15.1 Å². The summed E-state index contributed by atoms with van der Waals surface area (Å²) < 4.78 is 7.34. The topological polar surface area (TPSA) is 55.0 Å². The maximum Gasteiger partial charge on any atom is 0.172 e. The molecule has 1 aliphatic carbocycles. The van der Waals surface area contributed by atoms with Gasteiger partial charge in [0.1, 0.15) is 11.6 Å². The number of aromatic nitrogens is 2. The van der Waals surface area contributed by atoms with Crippen molar-refractivity contribution in [3.8, 4) is 0 Å². The van der Waals surface area contributed by atoms with Crippen molar-refractivity contribution in [1.82, 2.24) is 15.1 Å². The van der Waals surface area contributed by atoms with Crippen LogP contribution in [0.25, 0.3) is 0 Å². The number of nitrogens with zero attached hydrogens (tertiary/aromatic N) is 2. The van der Waals surface area contributed by atoms with Crippen molar-refractivity contribution in [3.63, 3.8) is 0 Å². The van der Waals surface area contributed by atoms with E-state index in [1.807, 2.05) is 24.4 Å². The molecule has 0 aromatic carbocycles. The van der Waals surface area contributed by atoms with Crippen LogP contribution in [-0.4, -0.2) is 14.9 Å². The van der Waals surface area contributed by atoms with Crippen LogP contribution in [0.2, 0.25) is 0 Å². The highest BCUT2D eigenvalue weighted by atomic mass is 32.1. The first-order valence-corrected chi connectivity index (χ1v) is 7.84. The van der Waals surface area contributed by atoms with Crippen molar-refractivity contribution in [3.05, 3.63) is 36.4 Å². The van der Waals surface area contributed by atoms with Crippen molar-refractivity contribution < 1.29 is 4.42 Å². The third kappa shape index (κ3) is 3.64. The molecule has 0 saturated heterocycles. The molecule has 2 heterocycles. The minimum absolute atomic E-state index is 0.490. The zero-order valence-corrected chi connectivity index (χ0v) is 12.7. The van der Waals surface area contributed by atoms with E-state index in [0.717, 1.165) is 11.6 Å². The van der Waals surface area contributed by atoms with E-state index in [2.05, 4.69) is 20.4 Å². The Balaban J connectivity index is 1.57. The second kappa shape index (κ2) is 6.76. The third-order valence-electron chi connectivity index (χ3n) is 3.84. The Morgan fingerprint density at radius 1 is 1.33 bits per heavy atom. The highest BCUT2D eigenvalue weighted by Crippen LogP contribution is 2.29. The summed E-state index contributed by atoms with van der Waals surface area (Å²) in [6.45, 7) is 0.580. The maximum absolute atomic E-state index is 5.33. The number of rotatable bonds is 4. The molecular formula is C15H20N4OS. The first-order valence-electron chi connectivity index (χ1n) is 7.43. The fraction of sp³-hybridized carbons (Fsp3) is 0.467. The molecule has 0 spiro atoms. The molecule has 3 rings (SSSR count). The Kier molecular flexibility index (Phi) is 4.55. The van der Waals surface area contributed by atoms with Gasteiger partial charge in [0.15, 0.2) is 5.11 Å².